The maximum Gasteiger partial charge on any atom is 0.262 e. The van der Waals surface area contributed by atoms with E-state index in [1.54, 1.807) is 31.2 Å². The zero-order chi connectivity index (χ0) is 14.0. The van der Waals surface area contributed by atoms with Gasteiger partial charge >= 0.3 is 0 Å². The minimum atomic E-state index is -3.60. The van der Waals surface area contributed by atoms with Crippen LogP contribution >= 0.6 is 11.3 Å². The predicted octanol–water partition coefficient (Wildman–Crippen LogP) is 3.04. The third kappa shape index (κ3) is 2.95. The first kappa shape index (κ1) is 13.6. The first-order valence-electron chi connectivity index (χ1n) is 5.52. The van der Waals surface area contributed by atoms with Gasteiger partial charge in [0.15, 0.2) is 0 Å². The van der Waals surface area contributed by atoms with Crippen molar-refractivity contribution in [2.45, 2.75) is 18.7 Å². The van der Waals surface area contributed by atoms with Crippen LogP contribution in [0.2, 0.25) is 0 Å². The van der Waals surface area contributed by atoms with Crippen LogP contribution in [0.4, 0.5) is 5.69 Å². The van der Waals surface area contributed by atoms with Gasteiger partial charge in [-0.2, -0.15) is 5.26 Å². The molecule has 0 aliphatic carbocycles. The van der Waals surface area contributed by atoms with Gasteiger partial charge < -0.3 is 0 Å². The van der Waals surface area contributed by atoms with Crippen molar-refractivity contribution >= 4 is 27.0 Å². The fourth-order valence-electron chi connectivity index (χ4n) is 1.74. The summed E-state index contributed by atoms with van der Waals surface area (Å²) in [6.07, 6.45) is 0. The SMILES string of the molecule is Cc1cc(S(=O)(=O)Nc2cccc(C#N)c2)c(C)s1. The Hall–Kier alpha value is -1.84. The van der Waals surface area contributed by atoms with E-state index >= 15 is 0 Å². The summed E-state index contributed by atoms with van der Waals surface area (Å²) >= 11 is 1.44. The van der Waals surface area contributed by atoms with E-state index < -0.39 is 10.0 Å². The largest absolute Gasteiger partial charge is 0.280 e. The van der Waals surface area contributed by atoms with Crippen molar-refractivity contribution in [2.75, 3.05) is 4.72 Å². The maximum atomic E-state index is 12.2. The van der Waals surface area contributed by atoms with Crippen molar-refractivity contribution in [3.05, 3.63) is 45.6 Å². The average Bonchev–Trinajstić information content (AvgIpc) is 2.69. The summed E-state index contributed by atoms with van der Waals surface area (Å²) < 4.78 is 27.0. The molecule has 2 rings (SSSR count). The molecule has 0 saturated carbocycles. The fraction of sp³-hybridized carbons (Fsp3) is 0.154. The zero-order valence-electron chi connectivity index (χ0n) is 10.5. The standard InChI is InChI=1S/C13H12N2O2S2/c1-9-6-13(10(2)18-9)19(16,17)15-12-5-3-4-11(7-12)8-14/h3-7,15H,1-2H3. The zero-order valence-corrected chi connectivity index (χ0v) is 12.1. The Kier molecular flexibility index (Phi) is 3.60. The van der Waals surface area contributed by atoms with Crippen LogP contribution in [0.25, 0.3) is 0 Å². The van der Waals surface area contributed by atoms with Crippen LogP contribution in [-0.2, 0) is 10.0 Å². The highest BCUT2D eigenvalue weighted by Crippen LogP contribution is 2.26. The Morgan fingerprint density at radius 3 is 2.58 bits per heavy atom. The second-order valence-corrected chi connectivity index (χ2v) is 7.19. The van der Waals surface area contributed by atoms with Gasteiger partial charge in [-0.3, -0.25) is 4.72 Å². The van der Waals surface area contributed by atoms with E-state index in [0.29, 0.717) is 11.3 Å². The third-order valence-corrected chi connectivity index (χ3v) is 5.13. The number of sulfonamides is 1. The van der Waals surface area contributed by atoms with Gasteiger partial charge in [-0.05, 0) is 38.1 Å². The Morgan fingerprint density at radius 2 is 2.00 bits per heavy atom. The summed E-state index contributed by atoms with van der Waals surface area (Å²) in [5, 5.41) is 8.80. The van der Waals surface area contributed by atoms with Crippen molar-refractivity contribution in [1.82, 2.24) is 0 Å². The summed E-state index contributed by atoms with van der Waals surface area (Å²) in [5.41, 5.74) is 0.806. The first-order valence-corrected chi connectivity index (χ1v) is 7.82. The number of nitriles is 1. The second kappa shape index (κ2) is 5.03. The molecule has 0 unspecified atom stereocenters. The number of hydrogen-bond donors (Lipinski definition) is 1. The van der Waals surface area contributed by atoms with E-state index in [4.69, 9.17) is 5.26 Å². The molecule has 0 aliphatic rings. The van der Waals surface area contributed by atoms with Crippen LogP contribution in [0.3, 0.4) is 0 Å². The molecule has 1 aromatic carbocycles. The monoisotopic (exact) mass is 292 g/mol. The molecular weight excluding hydrogens is 280 g/mol. The van der Waals surface area contributed by atoms with E-state index in [-0.39, 0.29) is 4.90 Å². The van der Waals surface area contributed by atoms with Crippen LogP contribution in [0.1, 0.15) is 15.3 Å². The summed E-state index contributed by atoms with van der Waals surface area (Å²) in [5.74, 6) is 0. The molecule has 0 radical (unpaired) electrons. The number of nitrogens with one attached hydrogen (secondary N) is 1. The molecule has 6 heteroatoms. The minimum absolute atomic E-state index is 0.289. The highest BCUT2D eigenvalue weighted by Gasteiger charge is 2.19. The van der Waals surface area contributed by atoms with E-state index in [1.165, 1.54) is 17.4 Å². The van der Waals surface area contributed by atoms with Gasteiger partial charge in [-0.25, -0.2) is 8.42 Å². The highest BCUT2D eigenvalue weighted by molar-refractivity contribution is 7.93. The van der Waals surface area contributed by atoms with Crippen molar-refractivity contribution in [2.24, 2.45) is 0 Å². The molecule has 0 aliphatic heterocycles. The second-order valence-electron chi connectivity index (χ2n) is 4.08. The highest BCUT2D eigenvalue weighted by atomic mass is 32.2. The van der Waals surface area contributed by atoms with Gasteiger partial charge in [0.05, 0.1) is 17.3 Å². The third-order valence-electron chi connectivity index (χ3n) is 2.53. The molecule has 1 heterocycles. The Morgan fingerprint density at radius 1 is 1.26 bits per heavy atom. The van der Waals surface area contributed by atoms with E-state index in [9.17, 15) is 8.42 Å². The first-order chi connectivity index (χ1) is 8.92. The summed E-state index contributed by atoms with van der Waals surface area (Å²) in [6.45, 7) is 3.64. The molecule has 0 bridgehead atoms. The smallest absolute Gasteiger partial charge is 0.262 e. The van der Waals surface area contributed by atoms with Gasteiger partial charge in [-0.1, -0.05) is 6.07 Å². The Balaban J connectivity index is 2.37. The Bertz CT molecular complexity index is 755. The molecule has 98 valence electrons. The van der Waals surface area contributed by atoms with E-state index in [1.807, 2.05) is 13.0 Å². The average molecular weight is 292 g/mol. The lowest BCUT2D eigenvalue weighted by Gasteiger charge is -2.07. The number of nitrogens with zero attached hydrogens (tertiary/aromatic N) is 1. The fourth-order valence-corrected chi connectivity index (χ4v) is 4.34. The van der Waals surface area contributed by atoms with Gasteiger partial charge in [0, 0.05) is 9.75 Å². The van der Waals surface area contributed by atoms with Crippen LogP contribution in [0.5, 0.6) is 0 Å². The number of thiophene rings is 1. The number of hydrogen-bond acceptors (Lipinski definition) is 4. The Labute approximate surface area is 116 Å². The normalized spacial score (nSPS) is 11.0. The van der Waals surface area contributed by atoms with Gasteiger partial charge in [0.2, 0.25) is 0 Å². The van der Waals surface area contributed by atoms with E-state index in [0.717, 1.165) is 9.75 Å². The minimum Gasteiger partial charge on any atom is -0.280 e. The van der Waals surface area contributed by atoms with Crippen molar-refractivity contribution < 1.29 is 8.42 Å². The summed E-state index contributed by atoms with van der Waals surface area (Å²) in [4.78, 5) is 1.99. The molecule has 1 N–H and O–H groups in total. The number of aryl methyl sites for hydroxylation is 2. The maximum absolute atomic E-state index is 12.2. The van der Waals surface area contributed by atoms with E-state index in [2.05, 4.69) is 4.72 Å². The van der Waals surface area contributed by atoms with Crippen molar-refractivity contribution in [1.29, 1.82) is 5.26 Å². The molecular formula is C13H12N2O2S2. The van der Waals surface area contributed by atoms with Gasteiger partial charge in [-0.15, -0.1) is 11.3 Å². The molecule has 0 saturated heterocycles. The molecule has 2 aromatic rings. The molecule has 0 amide bonds. The quantitative estimate of drug-likeness (QED) is 0.945. The molecule has 4 nitrogen and oxygen atoms in total. The van der Waals surface area contributed by atoms with Crippen LogP contribution < -0.4 is 4.72 Å². The van der Waals surface area contributed by atoms with Crippen LogP contribution in [0.15, 0.2) is 35.2 Å². The van der Waals surface area contributed by atoms with Crippen molar-refractivity contribution in [3.63, 3.8) is 0 Å². The van der Waals surface area contributed by atoms with Crippen LogP contribution in [-0.4, -0.2) is 8.42 Å². The molecule has 19 heavy (non-hydrogen) atoms. The summed E-state index contributed by atoms with van der Waals surface area (Å²) in [7, 11) is -3.60. The van der Waals surface area contributed by atoms with Gasteiger partial charge in [0.1, 0.15) is 4.90 Å². The molecule has 1 aromatic heterocycles. The predicted molar refractivity (Wildman–Crippen MR) is 75.8 cm³/mol. The lowest BCUT2D eigenvalue weighted by molar-refractivity contribution is 0.601. The number of rotatable bonds is 3. The summed E-state index contributed by atoms with van der Waals surface area (Å²) in [6, 6.07) is 10.0. The van der Waals surface area contributed by atoms with Crippen LogP contribution in [0, 0.1) is 25.2 Å². The number of anilines is 1. The lowest BCUT2D eigenvalue weighted by atomic mass is 10.2. The molecule has 0 spiro atoms. The molecule has 0 fully saturated rings. The molecule has 0 atom stereocenters. The number of benzene rings is 1. The van der Waals surface area contributed by atoms with Gasteiger partial charge in [0.25, 0.3) is 10.0 Å². The topological polar surface area (TPSA) is 70.0 Å². The lowest BCUT2D eigenvalue weighted by Crippen LogP contribution is -2.13. The van der Waals surface area contributed by atoms with Crippen molar-refractivity contribution in [3.8, 4) is 6.07 Å².